The van der Waals surface area contributed by atoms with Crippen LogP contribution in [0.5, 0.6) is 0 Å². The van der Waals surface area contributed by atoms with Gasteiger partial charge in [0.25, 0.3) is 5.91 Å². The molecule has 0 saturated carbocycles. The van der Waals surface area contributed by atoms with E-state index in [1.807, 2.05) is 4.90 Å². The van der Waals surface area contributed by atoms with Crippen molar-refractivity contribution in [3.8, 4) is 0 Å². The first-order chi connectivity index (χ1) is 13.0. The Morgan fingerprint density at radius 3 is 2.44 bits per heavy atom. The molecule has 1 saturated heterocycles. The Labute approximate surface area is 157 Å². The molecule has 1 fully saturated rings. The Morgan fingerprint density at radius 2 is 1.81 bits per heavy atom. The van der Waals surface area contributed by atoms with E-state index in [1.54, 1.807) is 24.3 Å². The zero-order chi connectivity index (χ0) is 19.3. The first-order valence-corrected chi connectivity index (χ1v) is 10.4. The van der Waals surface area contributed by atoms with Gasteiger partial charge in [0.1, 0.15) is 5.82 Å². The Balaban J connectivity index is 1.43. The van der Waals surface area contributed by atoms with Crippen molar-refractivity contribution in [2.24, 2.45) is 0 Å². The maximum absolute atomic E-state index is 13.0. The van der Waals surface area contributed by atoms with Crippen molar-refractivity contribution in [1.29, 1.82) is 0 Å². The van der Waals surface area contributed by atoms with Crippen LogP contribution < -0.4 is 10.2 Å². The minimum Gasteiger partial charge on any atom is -0.459 e. The van der Waals surface area contributed by atoms with Crippen molar-refractivity contribution in [2.75, 3.05) is 43.4 Å². The van der Waals surface area contributed by atoms with Crippen LogP contribution in [0.15, 0.2) is 47.1 Å². The summed E-state index contributed by atoms with van der Waals surface area (Å²) in [5.74, 6) is -0.471. The quantitative estimate of drug-likeness (QED) is 0.722. The van der Waals surface area contributed by atoms with Crippen LogP contribution in [0.4, 0.5) is 10.1 Å². The van der Waals surface area contributed by atoms with Crippen LogP contribution in [0.3, 0.4) is 0 Å². The van der Waals surface area contributed by atoms with Gasteiger partial charge >= 0.3 is 0 Å². The Bertz CT molecular complexity index is 845. The van der Waals surface area contributed by atoms with Gasteiger partial charge in [-0.1, -0.05) is 0 Å². The molecule has 1 aliphatic heterocycles. The van der Waals surface area contributed by atoms with Crippen LogP contribution in [0, 0.1) is 5.82 Å². The van der Waals surface area contributed by atoms with Crippen LogP contribution >= 0.6 is 0 Å². The number of sulfonamides is 1. The van der Waals surface area contributed by atoms with E-state index in [0.717, 1.165) is 5.69 Å². The Hall–Kier alpha value is -2.39. The molecule has 1 N–H and O–H groups in total. The van der Waals surface area contributed by atoms with Gasteiger partial charge in [0.2, 0.25) is 10.0 Å². The lowest BCUT2D eigenvalue weighted by Crippen LogP contribution is -2.49. The van der Waals surface area contributed by atoms with Gasteiger partial charge in [-0.3, -0.25) is 4.79 Å². The summed E-state index contributed by atoms with van der Waals surface area (Å²) in [5, 5.41) is 2.64. The standard InChI is InChI=1S/C18H22FN3O4S/c19-15-4-6-16(7-5-15)21-9-11-22(12-10-21)27(24,25)14-2-8-20-18(23)17-3-1-13-26-17/h1,3-7,13H,2,8-12,14H2,(H,20,23). The van der Waals surface area contributed by atoms with Gasteiger partial charge in [0.15, 0.2) is 5.76 Å². The summed E-state index contributed by atoms with van der Waals surface area (Å²) in [6.07, 6.45) is 1.73. The fraction of sp³-hybridized carbons (Fsp3) is 0.389. The Kier molecular flexibility index (Phi) is 6.12. The molecule has 146 valence electrons. The maximum Gasteiger partial charge on any atom is 0.286 e. The second kappa shape index (κ2) is 8.53. The van der Waals surface area contributed by atoms with Gasteiger partial charge in [-0.05, 0) is 42.8 Å². The number of piperazine rings is 1. The van der Waals surface area contributed by atoms with Crippen molar-refractivity contribution in [1.82, 2.24) is 9.62 Å². The van der Waals surface area contributed by atoms with Crippen molar-refractivity contribution in [2.45, 2.75) is 6.42 Å². The van der Waals surface area contributed by atoms with E-state index in [0.29, 0.717) is 32.6 Å². The number of anilines is 1. The summed E-state index contributed by atoms with van der Waals surface area (Å²) in [5.41, 5.74) is 0.883. The maximum atomic E-state index is 13.0. The molecule has 0 bridgehead atoms. The predicted octanol–water partition coefficient (Wildman–Crippen LogP) is 1.69. The number of amides is 1. The molecule has 1 aliphatic rings. The van der Waals surface area contributed by atoms with Crippen LogP contribution in [0.25, 0.3) is 0 Å². The molecule has 7 nitrogen and oxygen atoms in total. The number of nitrogens with one attached hydrogen (secondary N) is 1. The van der Waals surface area contributed by atoms with E-state index in [1.165, 1.54) is 22.7 Å². The summed E-state index contributed by atoms with van der Waals surface area (Å²) >= 11 is 0. The molecule has 1 aromatic heterocycles. The molecule has 0 unspecified atom stereocenters. The van der Waals surface area contributed by atoms with E-state index in [2.05, 4.69) is 5.32 Å². The number of rotatable bonds is 7. The second-order valence-corrected chi connectivity index (χ2v) is 8.35. The lowest BCUT2D eigenvalue weighted by atomic mass is 10.2. The van der Waals surface area contributed by atoms with Crippen LogP contribution in [-0.2, 0) is 10.0 Å². The van der Waals surface area contributed by atoms with Gasteiger partial charge in [0.05, 0.1) is 12.0 Å². The monoisotopic (exact) mass is 395 g/mol. The Morgan fingerprint density at radius 1 is 1.11 bits per heavy atom. The highest BCUT2D eigenvalue weighted by Gasteiger charge is 2.26. The molecule has 0 radical (unpaired) electrons. The van der Waals surface area contributed by atoms with E-state index in [-0.39, 0.29) is 29.8 Å². The van der Waals surface area contributed by atoms with Gasteiger partial charge in [-0.2, -0.15) is 4.31 Å². The highest BCUT2D eigenvalue weighted by Crippen LogP contribution is 2.18. The molecule has 0 atom stereocenters. The predicted molar refractivity (Wildman–Crippen MR) is 99.6 cm³/mol. The SMILES string of the molecule is O=C(NCCCS(=O)(=O)N1CCN(c2ccc(F)cc2)CC1)c1ccco1. The van der Waals surface area contributed by atoms with Crippen LogP contribution in [0.2, 0.25) is 0 Å². The molecular formula is C18H22FN3O4S. The number of benzene rings is 1. The van der Waals surface area contributed by atoms with E-state index < -0.39 is 10.0 Å². The van der Waals surface area contributed by atoms with Crippen molar-refractivity contribution >= 4 is 21.6 Å². The molecule has 0 spiro atoms. The van der Waals surface area contributed by atoms with Gasteiger partial charge in [-0.15, -0.1) is 0 Å². The molecule has 1 aromatic carbocycles. The number of hydrogen-bond acceptors (Lipinski definition) is 5. The van der Waals surface area contributed by atoms with Crippen LogP contribution in [-0.4, -0.2) is 57.1 Å². The summed E-state index contributed by atoms with van der Waals surface area (Å²) < 4.78 is 44.4. The summed E-state index contributed by atoms with van der Waals surface area (Å²) in [6.45, 7) is 2.14. The smallest absolute Gasteiger partial charge is 0.286 e. The third kappa shape index (κ3) is 5.08. The first kappa shape index (κ1) is 19.4. The zero-order valence-corrected chi connectivity index (χ0v) is 15.6. The molecular weight excluding hydrogens is 373 g/mol. The van der Waals surface area contributed by atoms with Gasteiger partial charge in [0, 0.05) is 38.4 Å². The minimum absolute atomic E-state index is 0.0258. The average molecular weight is 395 g/mol. The third-order valence-electron chi connectivity index (χ3n) is 4.43. The summed E-state index contributed by atoms with van der Waals surface area (Å²) in [7, 11) is -3.38. The van der Waals surface area contributed by atoms with E-state index >= 15 is 0 Å². The normalized spacial score (nSPS) is 15.7. The molecule has 2 aromatic rings. The van der Waals surface area contributed by atoms with Gasteiger partial charge < -0.3 is 14.6 Å². The number of furan rings is 1. The molecule has 0 aliphatic carbocycles. The molecule has 3 rings (SSSR count). The molecule has 1 amide bonds. The lowest BCUT2D eigenvalue weighted by molar-refractivity contribution is 0.0926. The number of carbonyl (C=O) groups excluding carboxylic acids is 1. The molecule has 2 heterocycles. The first-order valence-electron chi connectivity index (χ1n) is 8.76. The second-order valence-electron chi connectivity index (χ2n) is 6.27. The minimum atomic E-state index is -3.38. The highest BCUT2D eigenvalue weighted by molar-refractivity contribution is 7.89. The van der Waals surface area contributed by atoms with Gasteiger partial charge in [-0.25, -0.2) is 12.8 Å². The summed E-state index contributed by atoms with van der Waals surface area (Å²) in [6, 6.07) is 9.35. The lowest BCUT2D eigenvalue weighted by Gasteiger charge is -2.35. The van der Waals surface area contributed by atoms with Crippen molar-refractivity contribution in [3.63, 3.8) is 0 Å². The van der Waals surface area contributed by atoms with E-state index in [9.17, 15) is 17.6 Å². The highest BCUT2D eigenvalue weighted by atomic mass is 32.2. The number of hydrogen-bond donors (Lipinski definition) is 1. The average Bonchev–Trinajstić information content (AvgIpc) is 3.21. The van der Waals surface area contributed by atoms with E-state index in [4.69, 9.17) is 4.42 Å². The number of carbonyl (C=O) groups is 1. The van der Waals surface area contributed by atoms with Crippen molar-refractivity contribution < 1.29 is 22.0 Å². The zero-order valence-electron chi connectivity index (χ0n) is 14.8. The number of halogens is 1. The largest absolute Gasteiger partial charge is 0.459 e. The van der Waals surface area contributed by atoms with Crippen molar-refractivity contribution in [3.05, 3.63) is 54.2 Å². The third-order valence-corrected chi connectivity index (χ3v) is 6.39. The molecule has 9 heteroatoms. The molecule has 27 heavy (non-hydrogen) atoms. The summed E-state index contributed by atoms with van der Waals surface area (Å²) in [4.78, 5) is 13.8. The topological polar surface area (TPSA) is 82.9 Å². The fourth-order valence-corrected chi connectivity index (χ4v) is 4.44. The van der Waals surface area contributed by atoms with Crippen LogP contribution in [0.1, 0.15) is 17.0 Å². The number of nitrogens with zero attached hydrogens (tertiary/aromatic N) is 2. The fourth-order valence-electron chi connectivity index (χ4n) is 2.96.